The van der Waals surface area contributed by atoms with Gasteiger partial charge in [-0.15, -0.1) is 0 Å². The second-order valence-electron chi connectivity index (χ2n) is 6.07. The van der Waals surface area contributed by atoms with E-state index in [9.17, 15) is 9.59 Å². The predicted octanol–water partition coefficient (Wildman–Crippen LogP) is 1.34. The summed E-state index contributed by atoms with van der Waals surface area (Å²) in [6, 6.07) is 11.6. The van der Waals surface area contributed by atoms with Crippen LogP contribution in [-0.2, 0) is 13.0 Å². The molecule has 0 radical (unpaired) electrons. The number of nitrogens with one attached hydrogen (secondary N) is 2. The van der Waals surface area contributed by atoms with Crippen molar-refractivity contribution in [1.29, 1.82) is 0 Å². The van der Waals surface area contributed by atoms with Crippen molar-refractivity contribution in [2.75, 3.05) is 13.1 Å². The summed E-state index contributed by atoms with van der Waals surface area (Å²) in [6.45, 7) is 4.62. The van der Waals surface area contributed by atoms with Crippen molar-refractivity contribution in [2.24, 2.45) is 0 Å². The molecule has 1 aromatic carbocycles. The highest BCUT2D eigenvalue weighted by Crippen LogP contribution is 2.21. The smallest absolute Gasteiger partial charge is 0.271 e. The first-order valence-electron chi connectivity index (χ1n) is 8.32. The molecule has 24 heavy (non-hydrogen) atoms. The Balaban J connectivity index is 1.60. The van der Waals surface area contributed by atoms with E-state index in [0.29, 0.717) is 6.54 Å². The van der Waals surface area contributed by atoms with Crippen LogP contribution >= 0.6 is 0 Å². The summed E-state index contributed by atoms with van der Waals surface area (Å²) in [5, 5.41) is 8.97. The fourth-order valence-corrected chi connectivity index (χ4v) is 3.13. The fourth-order valence-electron chi connectivity index (χ4n) is 3.13. The molecule has 1 aromatic heterocycles. The third-order valence-electron chi connectivity index (χ3n) is 4.56. The number of hydrogen-bond acceptors (Lipinski definition) is 4. The van der Waals surface area contributed by atoms with E-state index in [-0.39, 0.29) is 23.2 Å². The lowest BCUT2D eigenvalue weighted by molar-refractivity contribution is 0.0920. The van der Waals surface area contributed by atoms with Gasteiger partial charge in [0.15, 0.2) is 0 Å². The molecule has 0 saturated carbocycles. The van der Waals surface area contributed by atoms with E-state index in [1.54, 1.807) is 0 Å². The molecule has 126 valence electrons. The Bertz CT molecular complexity index is 751. The van der Waals surface area contributed by atoms with E-state index in [2.05, 4.69) is 51.6 Å². The molecule has 1 aliphatic rings. The van der Waals surface area contributed by atoms with Gasteiger partial charge in [-0.25, -0.2) is 5.10 Å². The molecule has 3 rings (SSSR count). The first kappa shape index (κ1) is 16.4. The van der Waals surface area contributed by atoms with Gasteiger partial charge in [0.25, 0.3) is 11.5 Å². The van der Waals surface area contributed by atoms with Crippen molar-refractivity contribution in [3.8, 4) is 0 Å². The molecule has 1 amide bonds. The Morgan fingerprint density at radius 1 is 1.29 bits per heavy atom. The molecule has 6 nitrogen and oxygen atoms in total. The number of carbonyl (C=O) groups is 1. The summed E-state index contributed by atoms with van der Waals surface area (Å²) in [7, 11) is 0. The molecule has 6 heteroatoms. The normalized spacial score (nSPS) is 15.5. The number of benzene rings is 1. The number of amides is 1. The van der Waals surface area contributed by atoms with Gasteiger partial charge in [-0.1, -0.05) is 31.2 Å². The quantitative estimate of drug-likeness (QED) is 0.869. The molecule has 0 fully saturated rings. The molecule has 1 atom stereocenters. The van der Waals surface area contributed by atoms with Crippen molar-refractivity contribution < 1.29 is 4.79 Å². The second-order valence-corrected chi connectivity index (χ2v) is 6.07. The second kappa shape index (κ2) is 7.40. The molecule has 2 heterocycles. The maximum Gasteiger partial charge on any atom is 0.271 e. The van der Waals surface area contributed by atoms with E-state index in [4.69, 9.17) is 0 Å². The van der Waals surface area contributed by atoms with Gasteiger partial charge in [-0.3, -0.25) is 14.5 Å². The summed E-state index contributed by atoms with van der Waals surface area (Å²) in [4.78, 5) is 25.6. The van der Waals surface area contributed by atoms with E-state index in [1.807, 2.05) is 0 Å². The van der Waals surface area contributed by atoms with Crippen molar-refractivity contribution in [3.63, 3.8) is 0 Å². The van der Waals surface area contributed by atoms with Gasteiger partial charge in [0, 0.05) is 31.7 Å². The lowest BCUT2D eigenvalue weighted by Gasteiger charge is -2.35. The predicted molar refractivity (Wildman–Crippen MR) is 91.8 cm³/mol. The van der Waals surface area contributed by atoms with Crippen LogP contribution in [0.1, 0.15) is 35.0 Å². The Morgan fingerprint density at radius 2 is 2.08 bits per heavy atom. The average molecular weight is 326 g/mol. The Kier molecular flexibility index (Phi) is 5.05. The molecular formula is C18H22N4O2. The van der Waals surface area contributed by atoms with Crippen molar-refractivity contribution in [2.45, 2.75) is 32.4 Å². The maximum atomic E-state index is 12.1. The first-order valence-corrected chi connectivity index (χ1v) is 8.32. The van der Waals surface area contributed by atoms with Gasteiger partial charge in [0.1, 0.15) is 5.69 Å². The van der Waals surface area contributed by atoms with Crippen LogP contribution in [0.2, 0.25) is 0 Å². The molecule has 2 N–H and O–H groups in total. The van der Waals surface area contributed by atoms with Crippen LogP contribution in [0.4, 0.5) is 0 Å². The largest absolute Gasteiger partial charge is 0.349 e. The highest BCUT2D eigenvalue weighted by Gasteiger charge is 2.22. The summed E-state index contributed by atoms with van der Waals surface area (Å²) in [5.41, 5.74) is 2.71. The van der Waals surface area contributed by atoms with Gasteiger partial charge in [-0.05, 0) is 30.0 Å². The van der Waals surface area contributed by atoms with E-state index in [1.165, 1.54) is 23.3 Å². The number of aromatic amines is 1. The molecule has 0 spiro atoms. The lowest BCUT2D eigenvalue weighted by atomic mass is 9.98. The fraction of sp³-hybridized carbons (Fsp3) is 0.389. The summed E-state index contributed by atoms with van der Waals surface area (Å²) < 4.78 is 0. The van der Waals surface area contributed by atoms with E-state index >= 15 is 0 Å². The SMILES string of the molecule is CC[C@H](CNC(=O)c1ccc(=O)[nH]n1)N1CCc2ccccc2C1. The van der Waals surface area contributed by atoms with Crippen LogP contribution in [0, 0.1) is 0 Å². The molecule has 0 unspecified atom stereocenters. The van der Waals surface area contributed by atoms with Crippen molar-refractivity contribution >= 4 is 5.91 Å². The third kappa shape index (κ3) is 3.71. The Morgan fingerprint density at radius 3 is 2.79 bits per heavy atom. The van der Waals surface area contributed by atoms with Crippen LogP contribution in [0.15, 0.2) is 41.2 Å². The van der Waals surface area contributed by atoms with Crippen LogP contribution in [-0.4, -0.2) is 40.1 Å². The van der Waals surface area contributed by atoms with Crippen LogP contribution in [0.25, 0.3) is 0 Å². The molecule has 0 aliphatic carbocycles. The minimum atomic E-state index is -0.315. The average Bonchev–Trinajstić information content (AvgIpc) is 2.62. The Hall–Kier alpha value is -2.47. The van der Waals surface area contributed by atoms with Crippen molar-refractivity contribution in [1.82, 2.24) is 20.4 Å². The third-order valence-corrected chi connectivity index (χ3v) is 4.56. The number of fused-ring (bicyclic) bond motifs is 1. The molecule has 0 saturated heterocycles. The number of hydrogen-bond donors (Lipinski definition) is 2. The number of carbonyl (C=O) groups excluding carboxylic acids is 1. The highest BCUT2D eigenvalue weighted by atomic mass is 16.2. The maximum absolute atomic E-state index is 12.1. The van der Waals surface area contributed by atoms with Gasteiger partial charge < -0.3 is 5.32 Å². The van der Waals surface area contributed by atoms with Gasteiger partial charge in [-0.2, -0.15) is 5.10 Å². The van der Waals surface area contributed by atoms with E-state index in [0.717, 1.165) is 25.9 Å². The molecule has 2 aromatic rings. The van der Waals surface area contributed by atoms with Crippen molar-refractivity contribution in [3.05, 3.63) is 63.6 Å². The topological polar surface area (TPSA) is 78.1 Å². The minimum Gasteiger partial charge on any atom is -0.349 e. The number of aromatic nitrogens is 2. The molecule has 0 bridgehead atoms. The Labute approximate surface area is 140 Å². The zero-order valence-electron chi connectivity index (χ0n) is 13.8. The summed E-state index contributed by atoms with van der Waals surface area (Å²) in [6.07, 6.45) is 2.00. The monoisotopic (exact) mass is 326 g/mol. The standard InChI is InChI=1S/C18H22N4O2/c1-2-15(11-19-18(24)16-7-8-17(23)21-20-16)22-10-9-13-5-3-4-6-14(13)12-22/h3-8,15H,2,9-12H2,1H3,(H,19,24)(H,21,23)/t15-/m1/s1. The number of H-pyrrole nitrogens is 1. The number of rotatable bonds is 5. The zero-order chi connectivity index (χ0) is 16.9. The van der Waals surface area contributed by atoms with Crippen LogP contribution < -0.4 is 10.9 Å². The van der Waals surface area contributed by atoms with E-state index < -0.39 is 0 Å². The molecular weight excluding hydrogens is 304 g/mol. The number of nitrogens with zero attached hydrogens (tertiary/aromatic N) is 2. The summed E-state index contributed by atoms with van der Waals surface area (Å²) >= 11 is 0. The zero-order valence-corrected chi connectivity index (χ0v) is 13.8. The van der Waals surface area contributed by atoms with Crippen LogP contribution in [0.5, 0.6) is 0 Å². The highest BCUT2D eigenvalue weighted by molar-refractivity contribution is 5.91. The molecule has 1 aliphatic heterocycles. The van der Waals surface area contributed by atoms with Crippen LogP contribution in [0.3, 0.4) is 0 Å². The first-order chi connectivity index (χ1) is 11.7. The van der Waals surface area contributed by atoms with Gasteiger partial charge >= 0.3 is 0 Å². The lowest BCUT2D eigenvalue weighted by Crippen LogP contribution is -2.45. The summed E-state index contributed by atoms with van der Waals surface area (Å²) in [5.74, 6) is -0.262. The minimum absolute atomic E-state index is 0.230. The van der Waals surface area contributed by atoms with Gasteiger partial charge in [0.2, 0.25) is 0 Å². The van der Waals surface area contributed by atoms with Gasteiger partial charge in [0.05, 0.1) is 0 Å².